The largest absolute Gasteiger partial charge is 0.338 e. The van der Waals surface area contributed by atoms with Crippen LogP contribution in [0.5, 0.6) is 0 Å². The Balaban J connectivity index is 1.27. The number of hydrogen-bond acceptors (Lipinski definition) is 7. The molecule has 0 radical (unpaired) electrons. The molecule has 0 spiro atoms. The number of piperazine rings is 1. The van der Waals surface area contributed by atoms with E-state index in [0.717, 1.165) is 68.5 Å². The van der Waals surface area contributed by atoms with Crippen molar-refractivity contribution in [1.82, 2.24) is 24.8 Å². The quantitative estimate of drug-likeness (QED) is 0.604. The zero-order chi connectivity index (χ0) is 22.2. The van der Waals surface area contributed by atoms with Crippen LogP contribution in [-0.2, 0) is 11.3 Å². The van der Waals surface area contributed by atoms with Crippen LogP contribution >= 0.6 is 11.3 Å². The SMILES string of the molecule is Cc1nc(CN2CCN(C(=O)C3CCCN3c3nc(C)c4cc(F)ccc4n3)CC2)cs1. The Morgan fingerprint density at radius 1 is 1.12 bits per heavy atom. The molecule has 7 nitrogen and oxygen atoms in total. The molecule has 2 aliphatic rings. The molecule has 9 heteroatoms. The van der Waals surface area contributed by atoms with Crippen LogP contribution in [0.15, 0.2) is 23.6 Å². The fraction of sp³-hybridized carbons (Fsp3) is 0.478. The third-order valence-corrected chi connectivity index (χ3v) is 7.19. The molecule has 2 saturated heterocycles. The third kappa shape index (κ3) is 4.19. The van der Waals surface area contributed by atoms with E-state index < -0.39 is 0 Å². The second-order valence-electron chi connectivity index (χ2n) is 8.58. The summed E-state index contributed by atoms with van der Waals surface area (Å²) in [5.41, 5.74) is 2.55. The zero-order valence-electron chi connectivity index (χ0n) is 18.4. The number of amides is 1. The van der Waals surface area contributed by atoms with Gasteiger partial charge in [0.2, 0.25) is 11.9 Å². The molecular weight excluding hydrogens is 427 g/mol. The monoisotopic (exact) mass is 454 g/mol. The lowest BCUT2D eigenvalue weighted by atomic mass is 10.1. The summed E-state index contributed by atoms with van der Waals surface area (Å²) in [7, 11) is 0. The number of fused-ring (bicyclic) bond motifs is 1. The van der Waals surface area contributed by atoms with Crippen molar-refractivity contribution in [1.29, 1.82) is 0 Å². The van der Waals surface area contributed by atoms with E-state index in [9.17, 15) is 9.18 Å². The van der Waals surface area contributed by atoms with E-state index in [4.69, 9.17) is 0 Å². The Hall–Kier alpha value is -2.65. The predicted molar refractivity (Wildman–Crippen MR) is 123 cm³/mol. The Labute approximate surface area is 190 Å². The first-order valence-electron chi connectivity index (χ1n) is 11.1. The highest BCUT2D eigenvalue weighted by atomic mass is 32.1. The fourth-order valence-electron chi connectivity index (χ4n) is 4.68. The number of carbonyl (C=O) groups excluding carboxylic acids is 1. The average Bonchev–Trinajstić information content (AvgIpc) is 3.43. The molecule has 0 aliphatic carbocycles. The third-order valence-electron chi connectivity index (χ3n) is 6.37. The summed E-state index contributed by atoms with van der Waals surface area (Å²) >= 11 is 1.68. The van der Waals surface area contributed by atoms with Crippen LogP contribution in [0.4, 0.5) is 10.3 Å². The molecule has 5 rings (SSSR count). The lowest BCUT2D eigenvalue weighted by molar-refractivity contribution is -0.134. The van der Waals surface area contributed by atoms with E-state index in [0.29, 0.717) is 16.9 Å². The molecule has 1 amide bonds. The second kappa shape index (κ2) is 8.71. The van der Waals surface area contributed by atoms with Gasteiger partial charge in [0.05, 0.1) is 21.9 Å². The number of carbonyl (C=O) groups is 1. The van der Waals surface area contributed by atoms with Gasteiger partial charge in [-0.15, -0.1) is 11.3 Å². The predicted octanol–water partition coefficient (Wildman–Crippen LogP) is 3.16. The lowest BCUT2D eigenvalue weighted by Gasteiger charge is -2.37. The summed E-state index contributed by atoms with van der Waals surface area (Å²) in [5, 5.41) is 3.91. The van der Waals surface area contributed by atoms with Gasteiger partial charge in [0.25, 0.3) is 0 Å². The molecule has 2 aromatic heterocycles. The summed E-state index contributed by atoms with van der Waals surface area (Å²) in [4.78, 5) is 33.6. The Morgan fingerprint density at radius 2 is 1.94 bits per heavy atom. The fourth-order valence-corrected chi connectivity index (χ4v) is 5.28. The number of hydrogen-bond donors (Lipinski definition) is 0. The molecule has 0 N–H and O–H groups in total. The highest BCUT2D eigenvalue weighted by Crippen LogP contribution is 2.27. The first-order chi connectivity index (χ1) is 15.5. The average molecular weight is 455 g/mol. The Bertz CT molecular complexity index is 1140. The van der Waals surface area contributed by atoms with Crippen molar-refractivity contribution in [2.45, 2.75) is 39.3 Å². The molecule has 0 bridgehead atoms. The molecule has 1 aromatic carbocycles. The van der Waals surface area contributed by atoms with Crippen LogP contribution in [0, 0.1) is 19.7 Å². The summed E-state index contributed by atoms with van der Waals surface area (Å²) in [6.45, 7) is 8.64. The number of aromatic nitrogens is 3. The molecule has 3 aromatic rings. The summed E-state index contributed by atoms with van der Waals surface area (Å²) in [6.07, 6.45) is 1.74. The lowest BCUT2D eigenvalue weighted by Crippen LogP contribution is -2.53. The van der Waals surface area contributed by atoms with Gasteiger partial charge < -0.3 is 9.80 Å². The van der Waals surface area contributed by atoms with Crippen LogP contribution in [0.1, 0.15) is 29.2 Å². The van der Waals surface area contributed by atoms with Crippen LogP contribution in [-0.4, -0.2) is 69.4 Å². The molecular formula is C23H27FN6OS. The van der Waals surface area contributed by atoms with Gasteiger partial charge in [0.1, 0.15) is 11.9 Å². The number of halogens is 1. The van der Waals surface area contributed by atoms with E-state index in [1.165, 1.54) is 12.1 Å². The van der Waals surface area contributed by atoms with Crippen molar-refractivity contribution in [3.05, 3.63) is 45.8 Å². The smallest absolute Gasteiger partial charge is 0.245 e. The topological polar surface area (TPSA) is 65.5 Å². The van der Waals surface area contributed by atoms with E-state index in [1.54, 1.807) is 17.4 Å². The molecule has 2 aliphatic heterocycles. The van der Waals surface area contributed by atoms with Gasteiger partial charge in [-0.3, -0.25) is 9.69 Å². The maximum atomic E-state index is 13.6. The molecule has 0 saturated carbocycles. The van der Waals surface area contributed by atoms with Gasteiger partial charge in [-0.05, 0) is 44.9 Å². The van der Waals surface area contributed by atoms with Crippen molar-refractivity contribution in [2.75, 3.05) is 37.6 Å². The van der Waals surface area contributed by atoms with Crippen LogP contribution < -0.4 is 4.90 Å². The van der Waals surface area contributed by atoms with Gasteiger partial charge in [-0.1, -0.05) is 0 Å². The number of aryl methyl sites for hydroxylation is 2. The van der Waals surface area contributed by atoms with Crippen LogP contribution in [0.2, 0.25) is 0 Å². The highest BCUT2D eigenvalue weighted by molar-refractivity contribution is 7.09. The van der Waals surface area contributed by atoms with E-state index >= 15 is 0 Å². The van der Waals surface area contributed by atoms with E-state index in [-0.39, 0.29) is 17.8 Å². The van der Waals surface area contributed by atoms with Crippen molar-refractivity contribution in [3.8, 4) is 0 Å². The molecule has 4 heterocycles. The summed E-state index contributed by atoms with van der Waals surface area (Å²) in [5.74, 6) is 0.428. The van der Waals surface area contributed by atoms with Gasteiger partial charge in [0.15, 0.2) is 0 Å². The Kier molecular flexibility index (Phi) is 5.77. The van der Waals surface area contributed by atoms with Crippen molar-refractivity contribution < 1.29 is 9.18 Å². The number of rotatable bonds is 4. The maximum absolute atomic E-state index is 13.6. The van der Waals surface area contributed by atoms with E-state index in [1.807, 2.05) is 23.6 Å². The van der Waals surface area contributed by atoms with Gasteiger partial charge >= 0.3 is 0 Å². The maximum Gasteiger partial charge on any atom is 0.245 e. The summed E-state index contributed by atoms with van der Waals surface area (Å²) in [6, 6.07) is 4.32. The molecule has 168 valence electrons. The standard InChI is InChI=1S/C23H27FN6OS/c1-15-19-12-17(24)5-6-20(19)27-23(25-15)30-7-3-4-21(30)22(31)29-10-8-28(9-11-29)13-18-14-32-16(2)26-18/h5-6,12,14,21H,3-4,7-11,13H2,1-2H3. The van der Waals surface area contributed by atoms with Gasteiger partial charge in [-0.25, -0.2) is 19.3 Å². The molecule has 1 atom stereocenters. The van der Waals surface area contributed by atoms with Crippen molar-refractivity contribution >= 4 is 34.1 Å². The number of nitrogens with zero attached hydrogens (tertiary/aromatic N) is 6. The van der Waals surface area contributed by atoms with Gasteiger partial charge in [-0.2, -0.15) is 0 Å². The highest BCUT2D eigenvalue weighted by Gasteiger charge is 2.36. The number of thiazole rings is 1. The van der Waals surface area contributed by atoms with E-state index in [2.05, 4.69) is 25.2 Å². The van der Waals surface area contributed by atoms with Crippen LogP contribution in [0.25, 0.3) is 10.9 Å². The molecule has 2 fully saturated rings. The summed E-state index contributed by atoms with van der Waals surface area (Å²) < 4.78 is 13.6. The van der Waals surface area contributed by atoms with Crippen molar-refractivity contribution in [2.24, 2.45) is 0 Å². The zero-order valence-corrected chi connectivity index (χ0v) is 19.2. The Morgan fingerprint density at radius 3 is 2.69 bits per heavy atom. The first kappa shape index (κ1) is 21.2. The minimum absolute atomic E-state index is 0.159. The van der Waals surface area contributed by atoms with Crippen molar-refractivity contribution in [3.63, 3.8) is 0 Å². The normalized spacial score (nSPS) is 19.8. The molecule has 1 unspecified atom stereocenters. The molecule has 32 heavy (non-hydrogen) atoms. The minimum Gasteiger partial charge on any atom is -0.338 e. The second-order valence-corrected chi connectivity index (χ2v) is 9.64. The van der Waals surface area contributed by atoms with Crippen LogP contribution in [0.3, 0.4) is 0 Å². The number of benzene rings is 1. The minimum atomic E-state index is -0.296. The number of anilines is 1. The first-order valence-corrected chi connectivity index (χ1v) is 12.0. The van der Waals surface area contributed by atoms with Gasteiger partial charge in [0, 0.05) is 50.0 Å².